The molecule has 0 aromatic heterocycles. The fourth-order valence-electron chi connectivity index (χ4n) is 3.93. The van der Waals surface area contributed by atoms with Crippen molar-refractivity contribution >= 4 is 5.78 Å². The van der Waals surface area contributed by atoms with E-state index in [0.29, 0.717) is 19.0 Å². The number of rotatable bonds is 2. The van der Waals surface area contributed by atoms with E-state index in [-0.39, 0.29) is 17.4 Å². The Morgan fingerprint density at radius 2 is 2.15 bits per heavy atom. The van der Waals surface area contributed by atoms with Crippen LogP contribution < -0.4 is 0 Å². The number of carbonyl (C=O) groups excluding carboxylic acids is 1. The van der Waals surface area contributed by atoms with Gasteiger partial charge < -0.3 is 9.47 Å². The first-order valence-corrected chi connectivity index (χ1v) is 7.61. The lowest BCUT2D eigenvalue weighted by Gasteiger charge is -2.39. The van der Waals surface area contributed by atoms with Crippen molar-refractivity contribution in [2.75, 3.05) is 19.8 Å². The van der Waals surface area contributed by atoms with Crippen molar-refractivity contribution in [1.29, 1.82) is 0 Å². The molecule has 4 rings (SSSR count). The molecule has 1 aromatic carbocycles. The number of fused-ring (bicyclic) bond motifs is 1. The fraction of sp³-hybridized carbons (Fsp3) is 0.588. The Balaban J connectivity index is 1.49. The quantitative estimate of drug-likeness (QED) is 0.829. The van der Waals surface area contributed by atoms with Crippen LogP contribution in [0.15, 0.2) is 24.3 Å². The second kappa shape index (κ2) is 4.68. The minimum absolute atomic E-state index is 0.133. The Hall–Kier alpha value is -1.19. The van der Waals surface area contributed by atoms with Gasteiger partial charge in [-0.15, -0.1) is 0 Å². The summed E-state index contributed by atoms with van der Waals surface area (Å²) in [4.78, 5) is 12.8. The summed E-state index contributed by atoms with van der Waals surface area (Å²) in [6.07, 6.45) is 3.59. The van der Waals surface area contributed by atoms with Crippen LogP contribution in [0.3, 0.4) is 0 Å². The molecule has 1 spiro atoms. The maximum Gasteiger partial charge on any atom is 0.143 e. The predicted octanol–water partition coefficient (Wildman–Crippen LogP) is 2.48. The first-order valence-electron chi connectivity index (χ1n) is 7.61. The van der Waals surface area contributed by atoms with E-state index in [1.165, 1.54) is 11.1 Å². The number of benzene rings is 1. The van der Waals surface area contributed by atoms with Gasteiger partial charge in [0, 0.05) is 31.5 Å². The summed E-state index contributed by atoms with van der Waals surface area (Å²) in [7, 11) is 0. The summed E-state index contributed by atoms with van der Waals surface area (Å²) >= 11 is 0. The van der Waals surface area contributed by atoms with Gasteiger partial charge in [0.05, 0.1) is 12.2 Å². The van der Waals surface area contributed by atoms with Crippen LogP contribution in [0, 0.1) is 5.92 Å². The summed E-state index contributed by atoms with van der Waals surface area (Å²) in [5, 5.41) is 0. The van der Waals surface area contributed by atoms with Crippen molar-refractivity contribution in [3.05, 3.63) is 35.4 Å². The van der Waals surface area contributed by atoms with Gasteiger partial charge in [0.15, 0.2) is 0 Å². The summed E-state index contributed by atoms with van der Waals surface area (Å²) in [5.74, 6) is 0.718. The van der Waals surface area contributed by atoms with Crippen LogP contribution in [0.2, 0.25) is 0 Å². The highest BCUT2D eigenvalue weighted by molar-refractivity contribution is 5.90. The fourth-order valence-corrected chi connectivity index (χ4v) is 3.93. The highest BCUT2D eigenvalue weighted by Gasteiger charge is 2.45. The highest BCUT2D eigenvalue weighted by Crippen LogP contribution is 2.42. The van der Waals surface area contributed by atoms with Crippen LogP contribution in [-0.2, 0) is 20.7 Å². The molecule has 0 bridgehead atoms. The minimum atomic E-state index is -0.165. The van der Waals surface area contributed by atoms with E-state index in [1.54, 1.807) is 0 Å². The molecule has 1 aromatic rings. The van der Waals surface area contributed by atoms with Crippen molar-refractivity contribution in [3.63, 3.8) is 0 Å². The third-order valence-electron chi connectivity index (χ3n) is 5.16. The lowest BCUT2D eigenvalue weighted by atomic mass is 9.69. The lowest BCUT2D eigenvalue weighted by Crippen LogP contribution is -2.44. The van der Waals surface area contributed by atoms with E-state index in [1.807, 2.05) is 6.07 Å². The molecule has 3 heteroatoms. The van der Waals surface area contributed by atoms with Crippen LogP contribution in [0.1, 0.15) is 36.3 Å². The molecule has 3 nitrogen and oxygen atoms in total. The van der Waals surface area contributed by atoms with Crippen molar-refractivity contribution in [2.24, 2.45) is 5.92 Å². The summed E-state index contributed by atoms with van der Waals surface area (Å²) in [5.41, 5.74) is 2.43. The number of ketones is 1. The molecule has 0 N–H and O–H groups in total. The molecule has 0 amide bonds. The largest absolute Gasteiger partial charge is 0.378 e. The lowest BCUT2D eigenvalue weighted by molar-refractivity contribution is -0.139. The maximum atomic E-state index is 12.8. The number of carbonyl (C=O) groups is 1. The van der Waals surface area contributed by atoms with Crippen molar-refractivity contribution in [3.8, 4) is 0 Å². The monoisotopic (exact) mass is 272 g/mol. The van der Waals surface area contributed by atoms with Gasteiger partial charge in [-0.05, 0) is 30.4 Å². The minimum Gasteiger partial charge on any atom is -0.378 e. The van der Waals surface area contributed by atoms with E-state index in [2.05, 4.69) is 18.2 Å². The molecule has 2 aliphatic heterocycles. The van der Waals surface area contributed by atoms with Gasteiger partial charge in [-0.3, -0.25) is 4.79 Å². The summed E-state index contributed by atoms with van der Waals surface area (Å²) < 4.78 is 11.4. The maximum absolute atomic E-state index is 12.8. The normalized spacial score (nSPS) is 35.6. The third kappa shape index (κ3) is 1.92. The van der Waals surface area contributed by atoms with E-state index in [4.69, 9.17) is 9.47 Å². The van der Waals surface area contributed by atoms with Crippen molar-refractivity contribution < 1.29 is 14.3 Å². The van der Waals surface area contributed by atoms with Gasteiger partial charge in [-0.1, -0.05) is 24.3 Å². The molecule has 2 saturated heterocycles. The first-order chi connectivity index (χ1) is 9.77. The SMILES string of the molecule is O=C(C1CCOC2(CCOC2)C1)C1Cc2ccccc21. The molecule has 1 aliphatic carbocycles. The van der Waals surface area contributed by atoms with Gasteiger partial charge >= 0.3 is 0 Å². The van der Waals surface area contributed by atoms with Gasteiger partial charge in [0.1, 0.15) is 5.78 Å². The molecule has 0 saturated carbocycles. The molecular formula is C17H20O3. The Morgan fingerprint density at radius 3 is 2.95 bits per heavy atom. The van der Waals surface area contributed by atoms with E-state index in [9.17, 15) is 4.79 Å². The smallest absolute Gasteiger partial charge is 0.143 e. The third-order valence-corrected chi connectivity index (χ3v) is 5.16. The Morgan fingerprint density at radius 1 is 1.25 bits per heavy atom. The zero-order chi connectivity index (χ0) is 13.6. The zero-order valence-corrected chi connectivity index (χ0v) is 11.6. The Labute approximate surface area is 119 Å². The van der Waals surface area contributed by atoms with Crippen LogP contribution in [-0.4, -0.2) is 31.2 Å². The van der Waals surface area contributed by atoms with Crippen LogP contribution in [0.4, 0.5) is 0 Å². The average Bonchev–Trinajstić information content (AvgIpc) is 2.88. The molecule has 3 atom stereocenters. The second-order valence-corrected chi connectivity index (χ2v) is 6.38. The van der Waals surface area contributed by atoms with E-state index in [0.717, 1.165) is 32.3 Å². The van der Waals surface area contributed by atoms with E-state index < -0.39 is 0 Å². The van der Waals surface area contributed by atoms with Crippen molar-refractivity contribution in [2.45, 2.75) is 37.2 Å². The molecule has 106 valence electrons. The summed E-state index contributed by atoms with van der Waals surface area (Å²) in [6, 6.07) is 8.33. The zero-order valence-electron chi connectivity index (χ0n) is 11.6. The topological polar surface area (TPSA) is 35.5 Å². The summed E-state index contributed by atoms with van der Waals surface area (Å²) in [6.45, 7) is 2.14. The van der Waals surface area contributed by atoms with E-state index >= 15 is 0 Å². The Kier molecular flexibility index (Phi) is 2.93. The molecule has 2 fully saturated rings. The average molecular weight is 272 g/mol. The highest BCUT2D eigenvalue weighted by atomic mass is 16.6. The molecule has 3 aliphatic rings. The second-order valence-electron chi connectivity index (χ2n) is 6.38. The number of Topliss-reactive ketones (excluding diaryl/α,β-unsaturated/α-hetero) is 1. The number of hydrogen-bond donors (Lipinski definition) is 0. The van der Waals surface area contributed by atoms with Gasteiger partial charge in [0.25, 0.3) is 0 Å². The van der Waals surface area contributed by atoms with Gasteiger partial charge in [-0.2, -0.15) is 0 Å². The molecule has 2 heterocycles. The molecule has 20 heavy (non-hydrogen) atoms. The Bertz CT molecular complexity index is 531. The van der Waals surface area contributed by atoms with Crippen molar-refractivity contribution in [1.82, 2.24) is 0 Å². The van der Waals surface area contributed by atoms with Crippen LogP contribution in [0.25, 0.3) is 0 Å². The molecule has 0 radical (unpaired) electrons. The predicted molar refractivity (Wildman–Crippen MR) is 74.7 cm³/mol. The first kappa shape index (κ1) is 12.5. The number of hydrogen-bond acceptors (Lipinski definition) is 3. The standard InChI is InChI=1S/C17H20O3/c18-16(15-9-12-3-1-2-4-14(12)15)13-5-7-20-17(10-13)6-8-19-11-17/h1-4,13,15H,5-11H2. The van der Waals surface area contributed by atoms with Gasteiger partial charge in [-0.25, -0.2) is 0 Å². The molecular weight excluding hydrogens is 252 g/mol. The van der Waals surface area contributed by atoms with Crippen LogP contribution >= 0.6 is 0 Å². The number of ether oxygens (including phenoxy) is 2. The van der Waals surface area contributed by atoms with Crippen LogP contribution in [0.5, 0.6) is 0 Å². The van der Waals surface area contributed by atoms with Gasteiger partial charge in [0.2, 0.25) is 0 Å². The molecule has 3 unspecified atom stereocenters.